The van der Waals surface area contributed by atoms with Gasteiger partial charge >= 0.3 is 0 Å². The summed E-state index contributed by atoms with van der Waals surface area (Å²) in [5.74, 6) is 0.594. The van der Waals surface area contributed by atoms with Crippen molar-refractivity contribution >= 4 is 5.95 Å². The van der Waals surface area contributed by atoms with Crippen molar-refractivity contribution in [1.29, 1.82) is 0 Å². The Morgan fingerprint density at radius 1 is 1.14 bits per heavy atom. The summed E-state index contributed by atoms with van der Waals surface area (Å²) in [6, 6.07) is 11.7. The summed E-state index contributed by atoms with van der Waals surface area (Å²) in [5.41, 5.74) is 2.74. The van der Waals surface area contributed by atoms with Gasteiger partial charge in [-0.05, 0) is 32.0 Å². The highest BCUT2D eigenvalue weighted by atomic mass is 15.4. The fourth-order valence-corrected chi connectivity index (χ4v) is 1.97. The predicted molar refractivity (Wildman–Crippen MR) is 80.2 cm³/mol. The van der Waals surface area contributed by atoms with E-state index in [9.17, 15) is 0 Å². The van der Waals surface area contributed by atoms with Crippen LogP contribution in [-0.4, -0.2) is 25.0 Å². The maximum absolute atomic E-state index is 4.33. The van der Waals surface area contributed by atoms with Crippen molar-refractivity contribution in [2.75, 3.05) is 5.32 Å². The second kappa shape index (κ2) is 5.70. The van der Waals surface area contributed by atoms with Crippen LogP contribution in [-0.2, 0) is 0 Å². The number of aromatic nitrogens is 5. The fourth-order valence-electron chi connectivity index (χ4n) is 1.97. The van der Waals surface area contributed by atoms with E-state index in [1.54, 1.807) is 10.9 Å². The third-order valence-corrected chi connectivity index (χ3v) is 3.12. The standard InChI is InChI=1S/C15H16N6/c1-11-8-9-16-15(17-11)18-12(2)14-10-21(20-19-14)13-6-4-3-5-7-13/h3-10,12H,1-2H3,(H,16,17,18). The lowest BCUT2D eigenvalue weighted by atomic mass is 10.2. The first-order valence-electron chi connectivity index (χ1n) is 6.76. The van der Waals surface area contributed by atoms with Crippen LogP contribution in [0.3, 0.4) is 0 Å². The van der Waals surface area contributed by atoms with E-state index in [0.717, 1.165) is 17.1 Å². The van der Waals surface area contributed by atoms with E-state index in [-0.39, 0.29) is 6.04 Å². The molecule has 2 heterocycles. The molecule has 6 heteroatoms. The number of aryl methyl sites for hydroxylation is 1. The van der Waals surface area contributed by atoms with Gasteiger partial charge in [0, 0.05) is 11.9 Å². The van der Waals surface area contributed by atoms with Crippen LogP contribution in [0.1, 0.15) is 24.4 Å². The zero-order valence-corrected chi connectivity index (χ0v) is 11.9. The number of nitrogens with zero attached hydrogens (tertiary/aromatic N) is 5. The molecule has 1 N–H and O–H groups in total. The molecule has 1 unspecified atom stereocenters. The molecule has 0 saturated carbocycles. The zero-order chi connectivity index (χ0) is 14.7. The maximum Gasteiger partial charge on any atom is 0.223 e. The third kappa shape index (κ3) is 3.05. The third-order valence-electron chi connectivity index (χ3n) is 3.12. The number of anilines is 1. The Balaban J connectivity index is 1.77. The number of benzene rings is 1. The van der Waals surface area contributed by atoms with Crippen molar-refractivity contribution < 1.29 is 0 Å². The molecule has 0 spiro atoms. The van der Waals surface area contributed by atoms with Gasteiger partial charge in [0.2, 0.25) is 5.95 Å². The molecule has 106 valence electrons. The second-order valence-corrected chi connectivity index (χ2v) is 4.81. The quantitative estimate of drug-likeness (QED) is 0.795. The van der Waals surface area contributed by atoms with Crippen molar-refractivity contribution in [3.05, 3.63) is 60.2 Å². The van der Waals surface area contributed by atoms with Crippen molar-refractivity contribution in [1.82, 2.24) is 25.0 Å². The van der Waals surface area contributed by atoms with Crippen LogP contribution in [0.2, 0.25) is 0 Å². The van der Waals surface area contributed by atoms with Crippen molar-refractivity contribution in [2.45, 2.75) is 19.9 Å². The molecule has 1 atom stereocenters. The first-order chi connectivity index (χ1) is 10.2. The molecule has 0 bridgehead atoms. The lowest BCUT2D eigenvalue weighted by Crippen LogP contribution is -2.10. The molecule has 0 amide bonds. The van der Waals surface area contributed by atoms with E-state index in [4.69, 9.17) is 0 Å². The molecular formula is C15H16N6. The predicted octanol–water partition coefficient (Wildman–Crippen LogP) is 2.54. The lowest BCUT2D eigenvalue weighted by Gasteiger charge is -2.10. The van der Waals surface area contributed by atoms with Gasteiger partial charge in [0.05, 0.1) is 17.9 Å². The molecular weight excluding hydrogens is 264 g/mol. The van der Waals surface area contributed by atoms with Crippen molar-refractivity contribution in [2.24, 2.45) is 0 Å². The van der Waals surface area contributed by atoms with Gasteiger partial charge in [-0.1, -0.05) is 23.4 Å². The average Bonchev–Trinajstić information content (AvgIpc) is 2.98. The lowest BCUT2D eigenvalue weighted by molar-refractivity contribution is 0.776. The number of hydrogen-bond acceptors (Lipinski definition) is 5. The van der Waals surface area contributed by atoms with Crippen LogP contribution in [0.25, 0.3) is 5.69 Å². The molecule has 0 radical (unpaired) electrons. The first kappa shape index (κ1) is 13.2. The summed E-state index contributed by atoms with van der Waals surface area (Å²) < 4.78 is 1.75. The Bertz CT molecular complexity index is 722. The second-order valence-electron chi connectivity index (χ2n) is 4.81. The Morgan fingerprint density at radius 3 is 2.71 bits per heavy atom. The molecule has 1 aromatic carbocycles. The highest BCUT2D eigenvalue weighted by Gasteiger charge is 2.12. The van der Waals surface area contributed by atoms with Crippen LogP contribution in [0, 0.1) is 6.92 Å². The maximum atomic E-state index is 4.33. The number of hydrogen-bond donors (Lipinski definition) is 1. The smallest absolute Gasteiger partial charge is 0.223 e. The zero-order valence-electron chi connectivity index (χ0n) is 11.9. The minimum Gasteiger partial charge on any atom is -0.346 e. The first-order valence-corrected chi connectivity index (χ1v) is 6.76. The molecule has 3 aromatic rings. The Morgan fingerprint density at radius 2 is 1.95 bits per heavy atom. The van der Waals surface area contributed by atoms with E-state index in [0.29, 0.717) is 5.95 Å². The minimum absolute atomic E-state index is 0.0238. The fraction of sp³-hybridized carbons (Fsp3) is 0.200. The molecule has 0 aliphatic carbocycles. The van der Waals surface area contributed by atoms with Crippen LogP contribution >= 0.6 is 0 Å². The number of para-hydroxylation sites is 1. The molecule has 3 rings (SSSR count). The van der Waals surface area contributed by atoms with Gasteiger partial charge in [-0.25, -0.2) is 14.6 Å². The van der Waals surface area contributed by atoms with Crippen LogP contribution < -0.4 is 5.32 Å². The number of nitrogens with one attached hydrogen (secondary N) is 1. The molecule has 0 aliphatic heterocycles. The van der Waals surface area contributed by atoms with Gasteiger partial charge in [0.15, 0.2) is 0 Å². The van der Waals surface area contributed by atoms with E-state index in [1.807, 2.05) is 56.4 Å². The molecule has 21 heavy (non-hydrogen) atoms. The molecule has 0 aliphatic rings. The Kier molecular flexibility index (Phi) is 3.59. The summed E-state index contributed by atoms with van der Waals surface area (Å²) in [7, 11) is 0. The largest absolute Gasteiger partial charge is 0.346 e. The van der Waals surface area contributed by atoms with Crippen molar-refractivity contribution in [3.63, 3.8) is 0 Å². The van der Waals surface area contributed by atoms with Gasteiger partial charge in [0.1, 0.15) is 5.69 Å². The van der Waals surface area contributed by atoms with E-state index in [1.165, 1.54) is 0 Å². The van der Waals surface area contributed by atoms with Gasteiger partial charge in [-0.3, -0.25) is 0 Å². The number of rotatable bonds is 4. The van der Waals surface area contributed by atoms with E-state index in [2.05, 4.69) is 25.6 Å². The van der Waals surface area contributed by atoms with Crippen LogP contribution in [0.5, 0.6) is 0 Å². The molecule has 0 saturated heterocycles. The highest BCUT2D eigenvalue weighted by molar-refractivity contribution is 5.32. The normalized spacial score (nSPS) is 12.1. The van der Waals surface area contributed by atoms with E-state index < -0.39 is 0 Å². The summed E-state index contributed by atoms with van der Waals surface area (Å²) >= 11 is 0. The van der Waals surface area contributed by atoms with Gasteiger partial charge in [0.25, 0.3) is 0 Å². The van der Waals surface area contributed by atoms with E-state index >= 15 is 0 Å². The average molecular weight is 280 g/mol. The molecule has 0 fully saturated rings. The van der Waals surface area contributed by atoms with Gasteiger partial charge in [-0.2, -0.15) is 0 Å². The van der Waals surface area contributed by atoms with Crippen LogP contribution in [0.4, 0.5) is 5.95 Å². The SMILES string of the molecule is Cc1ccnc(NC(C)c2cn(-c3ccccc3)nn2)n1. The Hall–Kier alpha value is -2.76. The minimum atomic E-state index is -0.0238. The summed E-state index contributed by atoms with van der Waals surface area (Å²) in [4.78, 5) is 8.52. The van der Waals surface area contributed by atoms with Gasteiger partial charge in [-0.15, -0.1) is 5.10 Å². The van der Waals surface area contributed by atoms with Gasteiger partial charge < -0.3 is 5.32 Å². The summed E-state index contributed by atoms with van der Waals surface area (Å²) in [5, 5.41) is 11.6. The molecule has 6 nitrogen and oxygen atoms in total. The summed E-state index contributed by atoms with van der Waals surface area (Å²) in [6.07, 6.45) is 3.64. The highest BCUT2D eigenvalue weighted by Crippen LogP contribution is 2.15. The molecule has 2 aromatic heterocycles. The Labute approximate surface area is 122 Å². The monoisotopic (exact) mass is 280 g/mol. The topological polar surface area (TPSA) is 68.5 Å². The van der Waals surface area contributed by atoms with Crippen LogP contribution in [0.15, 0.2) is 48.8 Å². The van der Waals surface area contributed by atoms with Crippen molar-refractivity contribution in [3.8, 4) is 5.69 Å². The summed E-state index contributed by atoms with van der Waals surface area (Å²) in [6.45, 7) is 3.94.